The van der Waals surface area contributed by atoms with Gasteiger partial charge in [-0.25, -0.2) is 4.79 Å². The third kappa shape index (κ3) is 2.78. The van der Waals surface area contributed by atoms with Gasteiger partial charge in [-0.2, -0.15) is 4.39 Å². The molecule has 25 heavy (non-hydrogen) atoms. The van der Waals surface area contributed by atoms with Gasteiger partial charge in [0.05, 0.1) is 12.7 Å². The predicted octanol–water partition coefficient (Wildman–Crippen LogP) is 2.66. The van der Waals surface area contributed by atoms with Gasteiger partial charge in [-0.05, 0) is 29.2 Å². The zero-order valence-corrected chi connectivity index (χ0v) is 13.5. The van der Waals surface area contributed by atoms with Crippen LogP contribution in [-0.4, -0.2) is 15.7 Å². The lowest BCUT2D eigenvalue weighted by molar-refractivity contribution is 0.0504. The number of aromatic nitrogens is 2. The Balaban J connectivity index is 1.85. The molecule has 128 valence electrons. The summed E-state index contributed by atoms with van der Waals surface area (Å²) >= 11 is 0. The van der Waals surface area contributed by atoms with Gasteiger partial charge in [-0.3, -0.25) is 13.9 Å². The molecule has 0 bridgehead atoms. The van der Waals surface area contributed by atoms with E-state index < -0.39 is 23.3 Å². The van der Waals surface area contributed by atoms with Gasteiger partial charge in [0.25, 0.3) is 5.56 Å². The van der Waals surface area contributed by atoms with Crippen LogP contribution in [0.15, 0.2) is 58.3 Å². The summed E-state index contributed by atoms with van der Waals surface area (Å²) < 4.78 is 21.7. The molecule has 2 aromatic carbocycles. The topological polar surface area (TPSA) is 53.2 Å². The fourth-order valence-corrected chi connectivity index (χ4v) is 3.31. The second-order valence-corrected chi connectivity index (χ2v) is 6.16. The standard InChI is InChI=1S/C19H17FN2O3/c20-16-12-21(17-9-4-10-25-17)19(24)22(18(16)23)11-14-7-3-6-13-5-1-2-8-15(13)14/h1-3,5-8,12,17H,4,9-11H2/t17-/m0/s1. The zero-order chi connectivity index (χ0) is 17.4. The van der Waals surface area contributed by atoms with Gasteiger partial charge in [-0.15, -0.1) is 0 Å². The average molecular weight is 340 g/mol. The normalized spacial score (nSPS) is 17.2. The van der Waals surface area contributed by atoms with Crippen LogP contribution in [0.4, 0.5) is 4.39 Å². The Kier molecular flexibility index (Phi) is 3.97. The average Bonchev–Trinajstić information content (AvgIpc) is 3.16. The summed E-state index contributed by atoms with van der Waals surface area (Å²) in [6.45, 7) is 0.546. The fourth-order valence-electron chi connectivity index (χ4n) is 3.31. The summed E-state index contributed by atoms with van der Waals surface area (Å²) in [5.41, 5.74) is -0.666. The van der Waals surface area contributed by atoms with Crippen molar-refractivity contribution in [2.45, 2.75) is 25.6 Å². The molecule has 3 aromatic rings. The number of benzene rings is 2. The highest BCUT2D eigenvalue weighted by atomic mass is 19.1. The summed E-state index contributed by atoms with van der Waals surface area (Å²) in [6, 6.07) is 13.4. The first-order chi connectivity index (χ1) is 12.1. The third-order valence-electron chi connectivity index (χ3n) is 4.58. The number of hydrogen-bond donors (Lipinski definition) is 0. The van der Waals surface area contributed by atoms with Crippen molar-refractivity contribution in [2.75, 3.05) is 6.61 Å². The SMILES string of the molecule is O=c1c(F)cn([C@@H]2CCCO2)c(=O)n1Cc1cccc2ccccc12. The maximum Gasteiger partial charge on any atom is 0.333 e. The first kappa shape index (κ1) is 15.8. The maximum atomic E-state index is 14.1. The number of ether oxygens (including phenoxy) is 1. The molecule has 1 aliphatic rings. The molecule has 4 rings (SSSR count). The number of fused-ring (bicyclic) bond motifs is 1. The van der Waals surface area contributed by atoms with Crippen molar-refractivity contribution in [3.05, 3.63) is 80.9 Å². The molecule has 0 unspecified atom stereocenters. The molecule has 0 amide bonds. The molecule has 0 N–H and O–H groups in total. The molecular weight excluding hydrogens is 323 g/mol. The van der Waals surface area contributed by atoms with Crippen LogP contribution in [0.5, 0.6) is 0 Å². The van der Waals surface area contributed by atoms with Gasteiger partial charge < -0.3 is 4.74 Å². The monoisotopic (exact) mass is 340 g/mol. The van der Waals surface area contributed by atoms with Crippen molar-refractivity contribution in [2.24, 2.45) is 0 Å². The molecule has 0 aliphatic carbocycles. The molecule has 1 aliphatic heterocycles. The Hall–Kier alpha value is -2.73. The number of hydrogen-bond acceptors (Lipinski definition) is 3. The predicted molar refractivity (Wildman–Crippen MR) is 92.2 cm³/mol. The van der Waals surface area contributed by atoms with E-state index in [4.69, 9.17) is 4.74 Å². The number of nitrogens with zero attached hydrogens (tertiary/aromatic N) is 2. The van der Waals surface area contributed by atoms with Crippen molar-refractivity contribution in [1.29, 1.82) is 0 Å². The molecule has 1 atom stereocenters. The molecule has 0 saturated carbocycles. The lowest BCUT2D eigenvalue weighted by Gasteiger charge is -2.16. The maximum absolute atomic E-state index is 14.1. The summed E-state index contributed by atoms with van der Waals surface area (Å²) in [4.78, 5) is 25.0. The van der Waals surface area contributed by atoms with Crippen LogP contribution >= 0.6 is 0 Å². The second-order valence-electron chi connectivity index (χ2n) is 6.16. The molecule has 2 heterocycles. The van der Waals surface area contributed by atoms with E-state index in [0.717, 1.165) is 33.5 Å². The molecule has 1 saturated heterocycles. The highest BCUT2D eigenvalue weighted by Crippen LogP contribution is 2.21. The van der Waals surface area contributed by atoms with Crippen LogP contribution < -0.4 is 11.2 Å². The van der Waals surface area contributed by atoms with Crippen LogP contribution in [-0.2, 0) is 11.3 Å². The lowest BCUT2D eigenvalue weighted by atomic mass is 10.0. The number of halogens is 1. The molecular formula is C19H17FN2O3. The second kappa shape index (κ2) is 6.29. The third-order valence-corrected chi connectivity index (χ3v) is 4.58. The van der Waals surface area contributed by atoms with E-state index in [1.54, 1.807) is 0 Å². The summed E-state index contributed by atoms with van der Waals surface area (Å²) in [7, 11) is 0. The first-order valence-corrected chi connectivity index (χ1v) is 8.25. The van der Waals surface area contributed by atoms with Crippen molar-refractivity contribution < 1.29 is 9.13 Å². The van der Waals surface area contributed by atoms with E-state index in [0.29, 0.717) is 13.0 Å². The summed E-state index contributed by atoms with van der Waals surface area (Å²) in [6.07, 6.45) is 1.88. The molecule has 6 heteroatoms. The van der Waals surface area contributed by atoms with Crippen LogP contribution in [0.2, 0.25) is 0 Å². The van der Waals surface area contributed by atoms with Crippen LogP contribution in [0.3, 0.4) is 0 Å². The Morgan fingerprint density at radius 1 is 1.12 bits per heavy atom. The zero-order valence-electron chi connectivity index (χ0n) is 13.5. The fraction of sp³-hybridized carbons (Fsp3) is 0.263. The van der Waals surface area contributed by atoms with Crippen molar-refractivity contribution in [3.8, 4) is 0 Å². The Bertz CT molecular complexity index is 1040. The van der Waals surface area contributed by atoms with Gasteiger partial charge in [-0.1, -0.05) is 42.5 Å². The summed E-state index contributed by atoms with van der Waals surface area (Å²) in [5, 5.41) is 1.94. The Labute approximate surface area is 142 Å². The van der Waals surface area contributed by atoms with Gasteiger partial charge in [0.15, 0.2) is 0 Å². The van der Waals surface area contributed by atoms with Gasteiger partial charge in [0.1, 0.15) is 6.23 Å². The minimum atomic E-state index is -0.949. The van der Waals surface area contributed by atoms with Crippen molar-refractivity contribution in [3.63, 3.8) is 0 Å². The van der Waals surface area contributed by atoms with Gasteiger partial charge in [0, 0.05) is 6.61 Å². The molecule has 0 spiro atoms. The van der Waals surface area contributed by atoms with Crippen LogP contribution in [0.1, 0.15) is 24.6 Å². The molecule has 1 aromatic heterocycles. The van der Waals surface area contributed by atoms with Crippen LogP contribution in [0, 0.1) is 5.82 Å². The molecule has 1 fully saturated rings. The van der Waals surface area contributed by atoms with Crippen molar-refractivity contribution in [1.82, 2.24) is 9.13 Å². The highest BCUT2D eigenvalue weighted by molar-refractivity contribution is 5.85. The van der Waals surface area contributed by atoms with Gasteiger partial charge >= 0.3 is 5.69 Å². The number of rotatable bonds is 3. The summed E-state index contributed by atoms with van der Waals surface area (Å²) in [5.74, 6) is -0.949. The van der Waals surface area contributed by atoms with E-state index in [-0.39, 0.29) is 6.54 Å². The van der Waals surface area contributed by atoms with E-state index in [9.17, 15) is 14.0 Å². The smallest absolute Gasteiger partial charge is 0.333 e. The lowest BCUT2D eigenvalue weighted by Crippen LogP contribution is -2.42. The quantitative estimate of drug-likeness (QED) is 0.737. The highest BCUT2D eigenvalue weighted by Gasteiger charge is 2.22. The van der Waals surface area contributed by atoms with E-state index in [2.05, 4.69) is 0 Å². The largest absolute Gasteiger partial charge is 0.358 e. The Morgan fingerprint density at radius 2 is 1.92 bits per heavy atom. The van der Waals surface area contributed by atoms with Gasteiger partial charge in [0.2, 0.25) is 5.82 Å². The first-order valence-electron chi connectivity index (χ1n) is 8.25. The van der Waals surface area contributed by atoms with Crippen molar-refractivity contribution >= 4 is 10.8 Å². The van der Waals surface area contributed by atoms with E-state index in [1.165, 1.54) is 4.57 Å². The minimum absolute atomic E-state index is 0.0174. The molecule has 5 nitrogen and oxygen atoms in total. The van der Waals surface area contributed by atoms with E-state index in [1.807, 2.05) is 42.5 Å². The van der Waals surface area contributed by atoms with E-state index >= 15 is 0 Å². The molecule has 0 radical (unpaired) electrons. The Morgan fingerprint density at radius 3 is 2.72 bits per heavy atom. The van der Waals surface area contributed by atoms with Crippen LogP contribution in [0.25, 0.3) is 10.8 Å². The minimum Gasteiger partial charge on any atom is -0.358 e.